The van der Waals surface area contributed by atoms with Crippen molar-refractivity contribution in [2.75, 3.05) is 19.6 Å². The summed E-state index contributed by atoms with van der Waals surface area (Å²) in [6.45, 7) is 9.40. The van der Waals surface area contributed by atoms with E-state index in [4.69, 9.17) is 0 Å². The van der Waals surface area contributed by atoms with Crippen molar-refractivity contribution in [1.82, 2.24) is 40.6 Å². The largest absolute Gasteiger partial charge is 0.507 e. The van der Waals surface area contributed by atoms with Crippen LogP contribution in [0.3, 0.4) is 0 Å². The highest BCUT2D eigenvalue weighted by Gasteiger charge is 2.44. The summed E-state index contributed by atoms with van der Waals surface area (Å²) in [6, 6.07) is 15.3. The number of hydrogen-bond donors (Lipinski definition) is 5. The van der Waals surface area contributed by atoms with Gasteiger partial charge >= 0.3 is 0 Å². The molecule has 2 fully saturated rings. The molecule has 0 bridgehead atoms. The number of rotatable bonds is 21. The van der Waals surface area contributed by atoms with E-state index in [1.54, 1.807) is 23.5 Å². The Balaban J connectivity index is 0.733. The van der Waals surface area contributed by atoms with Gasteiger partial charge < -0.3 is 35.6 Å². The summed E-state index contributed by atoms with van der Waals surface area (Å²) in [5.74, 6) is -0.240. The van der Waals surface area contributed by atoms with Crippen LogP contribution in [0.5, 0.6) is 5.75 Å². The molecule has 352 valence electrons. The first-order valence-corrected chi connectivity index (χ1v) is 24.6. The monoisotopic (exact) mass is 918 g/mol. The summed E-state index contributed by atoms with van der Waals surface area (Å²) < 4.78 is 0. The Morgan fingerprint density at radius 3 is 2.20 bits per heavy atom. The van der Waals surface area contributed by atoms with Gasteiger partial charge in [0.05, 0.1) is 27.9 Å². The van der Waals surface area contributed by atoms with Gasteiger partial charge in [0, 0.05) is 68.5 Å². The highest BCUT2D eigenvalue weighted by Crippen LogP contribution is 2.35. The number of aromatic hydroxyl groups is 1. The van der Waals surface area contributed by atoms with Gasteiger partial charge in [0.2, 0.25) is 23.6 Å². The van der Waals surface area contributed by atoms with Crippen LogP contribution < -0.4 is 10.6 Å². The summed E-state index contributed by atoms with van der Waals surface area (Å²) in [7, 11) is 0. The van der Waals surface area contributed by atoms with Crippen molar-refractivity contribution in [2.24, 2.45) is 5.41 Å². The maximum atomic E-state index is 14.0. The Morgan fingerprint density at radius 2 is 1.55 bits per heavy atom. The van der Waals surface area contributed by atoms with Crippen LogP contribution in [-0.4, -0.2) is 102 Å². The number of thiazole rings is 1. The van der Waals surface area contributed by atoms with Crippen molar-refractivity contribution in [2.45, 2.75) is 142 Å². The lowest BCUT2D eigenvalue weighted by Crippen LogP contribution is -2.57. The van der Waals surface area contributed by atoms with Gasteiger partial charge in [-0.3, -0.25) is 19.2 Å². The van der Waals surface area contributed by atoms with Gasteiger partial charge in [-0.2, -0.15) is 0 Å². The lowest BCUT2D eigenvalue weighted by molar-refractivity contribution is -0.144. The first-order valence-electron chi connectivity index (χ1n) is 23.7. The van der Waals surface area contributed by atoms with E-state index < -0.39 is 23.6 Å². The molecule has 3 atom stereocenters. The molecule has 15 heteroatoms. The van der Waals surface area contributed by atoms with Gasteiger partial charge in [-0.05, 0) is 60.1 Å². The van der Waals surface area contributed by atoms with Crippen molar-refractivity contribution in [3.05, 3.63) is 83.1 Å². The van der Waals surface area contributed by atoms with Crippen LogP contribution in [-0.2, 0) is 25.7 Å². The fourth-order valence-electron chi connectivity index (χ4n) is 9.13. The number of aromatic nitrogens is 4. The molecule has 0 unspecified atom stereocenters. The third-order valence-electron chi connectivity index (χ3n) is 13.1. The zero-order valence-electron chi connectivity index (χ0n) is 38.9. The first-order chi connectivity index (χ1) is 31.8. The van der Waals surface area contributed by atoms with Gasteiger partial charge in [0.1, 0.15) is 17.8 Å². The number of aryl methyl sites for hydroxylation is 1. The minimum Gasteiger partial charge on any atom is -0.507 e. The summed E-state index contributed by atoms with van der Waals surface area (Å²) in [6.07, 6.45) is 12.5. The fraction of sp³-hybridized carbons (Fsp3) is 0.510. The van der Waals surface area contributed by atoms with Crippen molar-refractivity contribution >= 4 is 46.0 Å². The van der Waals surface area contributed by atoms with Crippen LogP contribution in [0.4, 0.5) is 0 Å². The number of hydrogen-bond acceptors (Lipinski definition) is 10. The van der Waals surface area contributed by atoms with Gasteiger partial charge in [-0.15, -0.1) is 21.5 Å². The molecule has 2 aromatic carbocycles. The number of fused-ring (bicyclic) bond motifs is 1. The second-order valence-corrected chi connectivity index (χ2v) is 20.1. The van der Waals surface area contributed by atoms with Gasteiger partial charge in [-0.1, -0.05) is 109 Å². The Kier molecular flexibility index (Phi) is 16.2. The molecule has 2 aliphatic heterocycles. The van der Waals surface area contributed by atoms with E-state index in [2.05, 4.69) is 30.8 Å². The normalized spacial score (nSPS) is 16.9. The Bertz CT molecular complexity index is 2440. The average Bonchev–Trinajstić information content (AvgIpc) is 4.02. The van der Waals surface area contributed by atoms with E-state index in [1.807, 2.05) is 86.8 Å². The molecule has 4 amide bonds. The summed E-state index contributed by atoms with van der Waals surface area (Å²) in [4.78, 5) is 65.5. The second-order valence-electron chi connectivity index (χ2n) is 19.2. The van der Waals surface area contributed by atoms with E-state index >= 15 is 0 Å². The van der Waals surface area contributed by atoms with Crippen LogP contribution in [0.15, 0.2) is 66.3 Å². The van der Waals surface area contributed by atoms with E-state index in [-0.39, 0.29) is 54.8 Å². The zero-order chi connectivity index (χ0) is 46.8. The lowest BCUT2D eigenvalue weighted by atomic mass is 9.85. The highest BCUT2D eigenvalue weighted by atomic mass is 32.1. The number of aromatic amines is 1. The number of nitrogens with zero attached hydrogens (tertiary/aromatic N) is 5. The number of nitrogens with one attached hydrogen (secondary N) is 3. The molecule has 3 aromatic heterocycles. The maximum absolute atomic E-state index is 14.0. The zero-order valence-corrected chi connectivity index (χ0v) is 39.7. The van der Waals surface area contributed by atoms with Crippen molar-refractivity contribution in [1.29, 1.82) is 0 Å². The van der Waals surface area contributed by atoms with E-state index in [9.17, 15) is 29.4 Å². The quantitative estimate of drug-likeness (QED) is 0.0452. The number of carbonyl (C=O) groups excluding carboxylic acids is 4. The smallest absolute Gasteiger partial charge is 0.246 e. The number of phenols is 1. The number of aliphatic hydroxyl groups excluding tert-OH is 1. The van der Waals surface area contributed by atoms with Gasteiger partial charge in [0.25, 0.3) is 0 Å². The molecular formula is C51H66N8O6S. The summed E-state index contributed by atoms with van der Waals surface area (Å²) in [5, 5.41) is 36.4. The number of para-hydroxylation sites is 1. The molecular weight excluding hydrogens is 853 g/mol. The Labute approximate surface area is 392 Å². The minimum absolute atomic E-state index is 0.0397. The number of phenolic OH excluding ortho intramolecular Hbond substituents is 1. The van der Waals surface area contributed by atoms with Crippen LogP contribution in [0.25, 0.3) is 32.7 Å². The lowest BCUT2D eigenvalue weighted by Gasteiger charge is -2.39. The molecule has 2 saturated heterocycles. The predicted octanol–water partition coefficient (Wildman–Crippen LogP) is 8.18. The molecule has 66 heavy (non-hydrogen) atoms. The molecule has 0 saturated carbocycles. The number of amides is 4. The van der Waals surface area contributed by atoms with E-state index in [0.717, 1.165) is 96.9 Å². The highest BCUT2D eigenvalue weighted by molar-refractivity contribution is 7.13. The molecule has 14 nitrogen and oxygen atoms in total. The van der Waals surface area contributed by atoms with Crippen LogP contribution in [0, 0.1) is 12.3 Å². The number of unbranched alkanes of at least 4 members (excludes halogenated alkanes) is 9. The number of likely N-dealkylation sites (tertiary alicyclic amines) is 2. The average molecular weight is 919 g/mol. The standard InChI is InChI=1S/C51H66N8O6S/c1-33-46(66-32-54-33)35-23-21-34(22-24-35)27-53-49(64)42-25-37(60)31-59(42)50(65)47(51(2,3)4)55-44(62)19-13-11-9-7-5-6-8-10-12-14-20-45(63)58-29-36(30-58)40-28-52-48-39(40)26-41(56-57-48)38-17-15-16-18-43(38)61/h15-18,21-24,26,28,32,36-37,42,47,60-61H,5-14,19-20,25,27,29-31H2,1-4H3,(H,52,57)(H,53,64)(H,55,62)/t37-,42+,47-/m1/s1. The SMILES string of the molecule is Cc1ncsc1-c1ccc(CNC(=O)[C@@H]2C[C@@H](O)CN2C(=O)[C@@H](NC(=O)CCCCCCCCCCCCC(=O)N2CC(c3c[nH]c4nnc(-c5ccccc5O)cc34)C2)C(C)(C)C)cc1. The molecule has 7 rings (SSSR count). The molecule has 5 aromatic rings. The fourth-order valence-corrected chi connectivity index (χ4v) is 9.94. The Hall–Kier alpha value is -5.67. The summed E-state index contributed by atoms with van der Waals surface area (Å²) >= 11 is 1.59. The number of β-amino-alcohol motifs (C(OH)–C–C–N with tert-alkyl or cyclic N) is 1. The molecule has 2 aliphatic rings. The number of H-pyrrole nitrogens is 1. The predicted molar refractivity (Wildman–Crippen MR) is 257 cm³/mol. The topological polar surface area (TPSA) is 194 Å². The molecule has 5 N–H and O–H groups in total. The number of aliphatic hydroxyl groups is 1. The third kappa shape index (κ3) is 12.2. The molecule has 0 aliphatic carbocycles. The van der Waals surface area contributed by atoms with Crippen molar-refractivity contribution < 1.29 is 29.4 Å². The van der Waals surface area contributed by atoms with E-state index in [1.165, 1.54) is 4.90 Å². The van der Waals surface area contributed by atoms with Crippen molar-refractivity contribution in [3.8, 4) is 27.4 Å². The second kappa shape index (κ2) is 22.2. The van der Waals surface area contributed by atoms with Gasteiger partial charge in [0.15, 0.2) is 5.65 Å². The molecule has 0 spiro atoms. The van der Waals surface area contributed by atoms with Crippen LogP contribution in [0.2, 0.25) is 0 Å². The number of carbonyl (C=O) groups is 4. The van der Waals surface area contributed by atoms with Crippen LogP contribution >= 0.6 is 11.3 Å². The molecule has 0 radical (unpaired) electrons. The first kappa shape index (κ1) is 48.3. The van der Waals surface area contributed by atoms with Gasteiger partial charge in [-0.25, -0.2) is 4.98 Å². The molecule has 5 heterocycles. The number of benzene rings is 2. The van der Waals surface area contributed by atoms with Crippen molar-refractivity contribution in [3.63, 3.8) is 0 Å². The maximum Gasteiger partial charge on any atom is 0.246 e. The minimum atomic E-state index is -0.839. The van der Waals surface area contributed by atoms with Crippen LogP contribution in [0.1, 0.15) is 127 Å². The summed E-state index contributed by atoms with van der Waals surface area (Å²) in [5.41, 5.74) is 7.27. The Morgan fingerprint density at radius 1 is 0.879 bits per heavy atom. The third-order valence-corrected chi connectivity index (χ3v) is 14.1. The van der Waals surface area contributed by atoms with E-state index in [0.29, 0.717) is 42.8 Å².